The van der Waals surface area contributed by atoms with E-state index in [9.17, 15) is 0 Å². The molecule has 1 fully saturated rings. The maximum absolute atomic E-state index is 6.11. The van der Waals surface area contributed by atoms with Crippen molar-refractivity contribution in [2.75, 3.05) is 13.1 Å². The van der Waals surface area contributed by atoms with E-state index in [1.54, 1.807) is 0 Å². The largest absolute Gasteiger partial charge is 0.486 e. The van der Waals surface area contributed by atoms with Crippen molar-refractivity contribution < 1.29 is 4.74 Å². The molecule has 76 valence electrons. The van der Waals surface area contributed by atoms with E-state index in [0.29, 0.717) is 0 Å². The van der Waals surface area contributed by atoms with Gasteiger partial charge in [0.15, 0.2) is 0 Å². The molecule has 0 unspecified atom stereocenters. The van der Waals surface area contributed by atoms with Crippen molar-refractivity contribution in [3.05, 3.63) is 28.3 Å². The van der Waals surface area contributed by atoms with Gasteiger partial charge in [0, 0.05) is 13.1 Å². The number of hydrogen-bond donors (Lipinski definition) is 1. The number of rotatable bonds is 2. The van der Waals surface area contributed by atoms with Crippen molar-refractivity contribution in [1.82, 2.24) is 5.32 Å². The summed E-state index contributed by atoms with van der Waals surface area (Å²) in [4.78, 5) is 0. The normalized spacial score (nSPS) is 16.5. The molecule has 1 heterocycles. The molecule has 0 spiro atoms. The lowest BCUT2D eigenvalue weighted by Crippen LogP contribution is -2.50. The van der Waals surface area contributed by atoms with Gasteiger partial charge in [0.25, 0.3) is 0 Å². The highest BCUT2D eigenvalue weighted by molar-refractivity contribution is 6.32. The SMILES string of the molecule is Cc1cc(C)c(OC2CNC2)c(Cl)c1. The van der Waals surface area contributed by atoms with Crippen molar-refractivity contribution >= 4 is 11.6 Å². The molecule has 14 heavy (non-hydrogen) atoms. The van der Waals surface area contributed by atoms with Crippen molar-refractivity contribution in [3.8, 4) is 5.75 Å². The van der Waals surface area contributed by atoms with Gasteiger partial charge in [0.1, 0.15) is 11.9 Å². The van der Waals surface area contributed by atoms with Crippen LogP contribution < -0.4 is 10.1 Å². The lowest BCUT2D eigenvalue weighted by Gasteiger charge is -2.29. The summed E-state index contributed by atoms with van der Waals surface area (Å²) < 4.78 is 5.77. The standard InChI is InChI=1S/C11H14ClNO/c1-7-3-8(2)11(10(12)4-7)14-9-5-13-6-9/h3-4,9,13H,5-6H2,1-2H3. The highest BCUT2D eigenvalue weighted by atomic mass is 35.5. The fraction of sp³-hybridized carbons (Fsp3) is 0.455. The molecule has 1 aliphatic rings. The molecule has 0 aromatic heterocycles. The molecule has 1 saturated heterocycles. The van der Waals surface area contributed by atoms with Crippen LogP contribution in [0.4, 0.5) is 0 Å². The average molecular weight is 212 g/mol. The zero-order valence-corrected chi connectivity index (χ0v) is 9.19. The first-order valence-corrected chi connectivity index (χ1v) is 5.19. The van der Waals surface area contributed by atoms with Crippen LogP contribution in [0.25, 0.3) is 0 Å². The van der Waals surface area contributed by atoms with Crippen molar-refractivity contribution in [3.63, 3.8) is 0 Å². The van der Waals surface area contributed by atoms with Gasteiger partial charge < -0.3 is 10.1 Å². The summed E-state index contributed by atoms with van der Waals surface area (Å²) in [5.74, 6) is 0.837. The molecular formula is C11H14ClNO. The predicted molar refractivity (Wildman–Crippen MR) is 58.2 cm³/mol. The number of benzene rings is 1. The number of halogens is 1. The molecule has 0 saturated carbocycles. The van der Waals surface area contributed by atoms with Crippen LogP contribution in [0.5, 0.6) is 5.75 Å². The van der Waals surface area contributed by atoms with Crippen LogP contribution in [0.1, 0.15) is 11.1 Å². The third-order valence-electron chi connectivity index (χ3n) is 2.40. The summed E-state index contributed by atoms with van der Waals surface area (Å²) in [6.07, 6.45) is 0.286. The van der Waals surface area contributed by atoms with E-state index in [2.05, 4.69) is 11.4 Å². The fourth-order valence-electron chi connectivity index (χ4n) is 1.56. The minimum absolute atomic E-state index is 0.286. The molecular weight excluding hydrogens is 198 g/mol. The number of nitrogens with one attached hydrogen (secondary N) is 1. The molecule has 1 aliphatic heterocycles. The lowest BCUT2D eigenvalue weighted by atomic mass is 10.1. The van der Waals surface area contributed by atoms with Gasteiger partial charge in [-0.25, -0.2) is 0 Å². The maximum atomic E-state index is 6.11. The van der Waals surface area contributed by atoms with Gasteiger partial charge in [0.05, 0.1) is 5.02 Å². The smallest absolute Gasteiger partial charge is 0.141 e. The molecule has 0 bridgehead atoms. The second kappa shape index (κ2) is 3.79. The Balaban J connectivity index is 2.22. The zero-order valence-electron chi connectivity index (χ0n) is 8.43. The summed E-state index contributed by atoms with van der Waals surface area (Å²) in [6.45, 7) is 5.90. The summed E-state index contributed by atoms with van der Waals surface area (Å²) >= 11 is 6.11. The molecule has 2 rings (SSSR count). The number of hydrogen-bond acceptors (Lipinski definition) is 2. The molecule has 0 aliphatic carbocycles. The van der Waals surface area contributed by atoms with Gasteiger partial charge in [-0.3, -0.25) is 0 Å². The fourth-order valence-corrected chi connectivity index (χ4v) is 1.93. The molecule has 0 atom stereocenters. The molecule has 0 radical (unpaired) electrons. The van der Waals surface area contributed by atoms with E-state index in [1.165, 1.54) is 5.56 Å². The quantitative estimate of drug-likeness (QED) is 0.811. The van der Waals surface area contributed by atoms with Gasteiger partial charge in [-0.2, -0.15) is 0 Å². The van der Waals surface area contributed by atoms with Crippen LogP contribution in [0.15, 0.2) is 12.1 Å². The molecule has 1 aromatic carbocycles. The highest BCUT2D eigenvalue weighted by Crippen LogP contribution is 2.30. The minimum atomic E-state index is 0.286. The Morgan fingerprint density at radius 3 is 2.57 bits per heavy atom. The minimum Gasteiger partial charge on any atom is -0.486 e. The monoisotopic (exact) mass is 211 g/mol. The van der Waals surface area contributed by atoms with Gasteiger partial charge in [-0.15, -0.1) is 0 Å². The van der Waals surface area contributed by atoms with E-state index in [4.69, 9.17) is 16.3 Å². The van der Waals surface area contributed by atoms with Gasteiger partial charge in [-0.05, 0) is 31.0 Å². The Morgan fingerprint density at radius 1 is 1.36 bits per heavy atom. The Bertz CT molecular complexity index is 324. The summed E-state index contributed by atoms with van der Waals surface area (Å²) in [5, 5.41) is 3.88. The molecule has 2 nitrogen and oxygen atoms in total. The van der Waals surface area contributed by atoms with Crippen LogP contribution in [-0.2, 0) is 0 Å². The Labute approximate surface area is 89.2 Å². The Hall–Kier alpha value is -0.730. The lowest BCUT2D eigenvalue weighted by molar-refractivity contribution is 0.141. The Kier molecular flexibility index (Phi) is 2.66. The van der Waals surface area contributed by atoms with Gasteiger partial charge in [-0.1, -0.05) is 17.7 Å². The zero-order chi connectivity index (χ0) is 10.1. The topological polar surface area (TPSA) is 21.3 Å². The van der Waals surface area contributed by atoms with Crippen LogP contribution in [0, 0.1) is 13.8 Å². The van der Waals surface area contributed by atoms with E-state index in [0.717, 1.165) is 29.4 Å². The van der Waals surface area contributed by atoms with Gasteiger partial charge >= 0.3 is 0 Å². The second-order valence-corrected chi connectivity index (χ2v) is 4.20. The van der Waals surface area contributed by atoms with Crippen LogP contribution in [0.2, 0.25) is 5.02 Å². The average Bonchev–Trinajstić information content (AvgIpc) is 1.98. The third-order valence-corrected chi connectivity index (χ3v) is 2.68. The summed E-state index contributed by atoms with van der Waals surface area (Å²) in [6, 6.07) is 4.03. The van der Waals surface area contributed by atoms with Gasteiger partial charge in [0.2, 0.25) is 0 Å². The second-order valence-electron chi connectivity index (χ2n) is 3.79. The molecule has 1 aromatic rings. The first kappa shape index (κ1) is 9.81. The summed E-state index contributed by atoms with van der Waals surface area (Å²) in [5.41, 5.74) is 2.29. The first-order valence-electron chi connectivity index (χ1n) is 4.81. The van der Waals surface area contributed by atoms with Crippen molar-refractivity contribution in [2.45, 2.75) is 20.0 Å². The molecule has 1 N–H and O–H groups in total. The van der Waals surface area contributed by atoms with Crippen molar-refractivity contribution in [2.24, 2.45) is 0 Å². The first-order chi connectivity index (χ1) is 6.66. The van der Waals surface area contributed by atoms with Crippen LogP contribution in [0.3, 0.4) is 0 Å². The number of ether oxygens (including phenoxy) is 1. The molecule has 0 amide bonds. The highest BCUT2D eigenvalue weighted by Gasteiger charge is 2.20. The number of aryl methyl sites for hydroxylation is 2. The van der Waals surface area contributed by atoms with E-state index in [1.807, 2.05) is 19.9 Å². The van der Waals surface area contributed by atoms with E-state index in [-0.39, 0.29) is 6.10 Å². The summed E-state index contributed by atoms with van der Waals surface area (Å²) in [7, 11) is 0. The van der Waals surface area contributed by atoms with E-state index >= 15 is 0 Å². The Morgan fingerprint density at radius 2 is 2.07 bits per heavy atom. The predicted octanol–water partition coefficient (Wildman–Crippen LogP) is 2.31. The van der Waals surface area contributed by atoms with E-state index < -0.39 is 0 Å². The van der Waals surface area contributed by atoms with Crippen LogP contribution >= 0.6 is 11.6 Å². The third kappa shape index (κ3) is 1.86. The van der Waals surface area contributed by atoms with Crippen molar-refractivity contribution in [1.29, 1.82) is 0 Å². The van der Waals surface area contributed by atoms with Crippen LogP contribution in [-0.4, -0.2) is 19.2 Å². The maximum Gasteiger partial charge on any atom is 0.141 e. The molecule has 3 heteroatoms.